The summed E-state index contributed by atoms with van der Waals surface area (Å²) in [5, 5.41) is 15.5. The van der Waals surface area contributed by atoms with E-state index in [1.54, 1.807) is 36.1 Å². The normalized spacial score (nSPS) is 11.2. The van der Waals surface area contributed by atoms with E-state index in [9.17, 15) is 4.79 Å². The maximum Gasteiger partial charge on any atom is 0.236 e. The van der Waals surface area contributed by atoms with Gasteiger partial charge in [0.05, 0.1) is 21.7 Å². The van der Waals surface area contributed by atoms with E-state index in [1.165, 1.54) is 16.5 Å². The number of hydrogen-bond acceptors (Lipinski definition) is 9. The number of nitrogens with zero attached hydrogens (tertiary/aromatic N) is 5. The molecule has 28 heavy (non-hydrogen) atoms. The molecule has 0 fully saturated rings. The Balaban J connectivity index is 1.32. The first kappa shape index (κ1) is 19.0. The highest BCUT2D eigenvalue weighted by molar-refractivity contribution is 8.00. The smallest absolute Gasteiger partial charge is 0.236 e. The van der Waals surface area contributed by atoms with E-state index < -0.39 is 0 Å². The Hall–Kier alpha value is -2.37. The summed E-state index contributed by atoms with van der Waals surface area (Å²) in [4.78, 5) is 16.6. The number of para-hydroxylation sites is 1. The fourth-order valence-electron chi connectivity index (χ4n) is 2.37. The number of amides is 1. The number of aryl methyl sites for hydroxylation is 1. The molecule has 0 saturated heterocycles. The number of carbonyl (C=O) groups is 1. The maximum absolute atomic E-state index is 12.0. The van der Waals surface area contributed by atoms with Crippen LogP contribution in [0, 0.1) is 6.92 Å². The van der Waals surface area contributed by atoms with Gasteiger partial charge >= 0.3 is 0 Å². The summed E-state index contributed by atoms with van der Waals surface area (Å²) < 4.78 is 9.00. The molecule has 4 rings (SSSR count). The molecule has 4 aromatic rings. The fraction of sp³-hybridized carbons (Fsp3) is 0.235. The summed E-state index contributed by atoms with van der Waals surface area (Å²) in [7, 11) is 1.90. The van der Waals surface area contributed by atoms with E-state index in [2.05, 4.69) is 31.7 Å². The summed E-state index contributed by atoms with van der Waals surface area (Å²) in [6, 6.07) is 9.75. The number of thioether (sulfide) groups is 2. The minimum atomic E-state index is -0.174. The molecule has 0 unspecified atom stereocenters. The van der Waals surface area contributed by atoms with Crippen molar-refractivity contribution in [1.29, 1.82) is 0 Å². The minimum absolute atomic E-state index is 0.174. The van der Waals surface area contributed by atoms with E-state index in [-0.39, 0.29) is 11.7 Å². The van der Waals surface area contributed by atoms with Gasteiger partial charge in [-0.15, -0.1) is 21.5 Å². The predicted molar refractivity (Wildman–Crippen MR) is 111 cm³/mol. The largest absolute Gasteiger partial charge is 0.360 e. The molecule has 0 radical (unpaired) electrons. The van der Waals surface area contributed by atoms with Crippen molar-refractivity contribution in [3.63, 3.8) is 0 Å². The van der Waals surface area contributed by atoms with E-state index in [4.69, 9.17) is 4.52 Å². The standard InChI is InChI=1S/C17H16N6O2S3/c1-10-7-13(22-25-10)19-15(24)9-26-16-21-20-14(23(16)2)8-27-17-18-11-5-3-4-6-12(11)28-17/h3-7H,8-9H2,1-2H3,(H,19,22,24). The van der Waals surface area contributed by atoms with Crippen molar-refractivity contribution in [3.8, 4) is 0 Å². The van der Waals surface area contributed by atoms with Crippen LogP contribution in [-0.2, 0) is 17.6 Å². The van der Waals surface area contributed by atoms with Crippen LogP contribution in [0.25, 0.3) is 10.2 Å². The molecule has 3 aromatic heterocycles. The third-order valence-corrected chi connectivity index (χ3v) is 6.95. The van der Waals surface area contributed by atoms with Crippen LogP contribution in [0.15, 0.2) is 44.4 Å². The highest BCUT2D eigenvalue weighted by Gasteiger charge is 2.14. The predicted octanol–water partition coefficient (Wildman–Crippen LogP) is 3.74. The van der Waals surface area contributed by atoms with Gasteiger partial charge in [-0.2, -0.15) is 0 Å². The van der Waals surface area contributed by atoms with Crippen molar-refractivity contribution >= 4 is 56.8 Å². The number of nitrogens with one attached hydrogen (secondary N) is 1. The lowest BCUT2D eigenvalue weighted by Gasteiger charge is -2.03. The van der Waals surface area contributed by atoms with Crippen LogP contribution in [0.2, 0.25) is 0 Å². The first-order valence-corrected chi connectivity index (χ1v) is 11.1. The number of hydrogen-bond donors (Lipinski definition) is 1. The Bertz CT molecular complexity index is 1090. The van der Waals surface area contributed by atoms with Gasteiger partial charge in [-0.05, 0) is 19.1 Å². The zero-order valence-electron chi connectivity index (χ0n) is 15.1. The lowest BCUT2D eigenvalue weighted by molar-refractivity contribution is -0.113. The van der Waals surface area contributed by atoms with Gasteiger partial charge in [0.25, 0.3) is 0 Å². The van der Waals surface area contributed by atoms with Crippen LogP contribution in [0.3, 0.4) is 0 Å². The summed E-state index contributed by atoms with van der Waals surface area (Å²) in [6.07, 6.45) is 0. The van der Waals surface area contributed by atoms with Crippen molar-refractivity contribution in [3.05, 3.63) is 41.9 Å². The van der Waals surface area contributed by atoms with Gasteiger partial charge in [0.2, 0.25) is 5.91 Å². The SMILES string of the molecule is Cc1cc(NC(=O)CSc2nnc(CSc3nc4ccccc4s3)n2C)no1. The van der Waals surface area contributed by atoms with Crippen molar-refractivity contribution in [1.82, 2.24) is 24.9 Å². The lowest BCUT2D eigenvalue weighted by Crippen LogP contribution is -2.14. The highest BCUT2D eigenvalue weighted by Crippen LogP contribution is 2.31. The second-order valence-electron chi connectivity index (χ2n) is 5.85. The van der Waals surface area contributed by atoms with Gasteiger partial charge in [-0.3, -0.25) is 4.79 Å². The molecule has 0 aliphatic heterocycles. The molecule has 0 bridgehead atoms. The number of carbonyl (C=O) groups excluding carboxylic acids is 1. The molecule has 1 aromatic carbocycles. The Labute approximate surface area is 173 Å². The van der Waals surface area contributed by atoms with Crippen LogP contribution in [0.5, 0.6) is 0 Å². The summed E-state index contributed by atoms with van der Waals surface area (Å²) >= 11 is 4.62. The Morgan fingerprint density at radius 2 is 2.14 bits per heavy atom. The fourth-order valence-corrected chi connectivity index (χ4v) is 5.15. The average Bonchev–Trinajstić information content (AvgIpc) is 3.37. The van der Waals surface area contributed by atoms with Crippen molar-refractivity contribution in [2.24, 2.45) is 7.05 Å². The summed E-state index contributed by atoms with van der Waals surface area (Å²) in [5.41, 5.74) is 1.01. The first-order valence-electron chi connectivity index (χ1n) is 8.31. The third kappa shape index (κ3) is 4.37. The zero-order valence-corrected chi connectivity index (χ0v) is 17.5. The lowest BCUT2D eigenvalue weighted by atomic mass is 10.3. The molecule has 144 valence electrons. The summed E-state index contributed by atoms with van der Waals surface area (Å²) in [6.45, 7) is 1.77. The van der Waals surface area contributed by atoms with E-state index in [0.29, 0.717) is 22.5 Å². The molecular formula is C17H16N6O2S3. The van der Waals surface area contributed by atoms with Crippen LogP contribution < -0.4 is 5.32 Å². The van der Waals surface area contributed by atoms with Gasteiger partial charge in [0.15, 0.2) is 15.3 Å². The molecule has 11 heteroatoms. The Kier molecular flexibility index (Phi) is 5.64. The number of aromatic nitrogens is 5. The summed E-state index contributed by atoms with van der Waals surface area (Å²) in [5.74, 6) is 2.59. The van der Waals surface area contributed by atoms with Crippen LogP contribution in [-0.4, -0.2) is 36.6 Å². The number of thiazole rings is 1. The maximum atomic E-state index is 12.0. The second kappa shape index (κ2) is 8.33. The van der Waals surface area contributed by atoms with Gasteiger partial charge in [-0.25, -0.2) is 4.98 Å². The molecule has 0 spiro atoms. The van der Waals surface area contributed by atoms with Crippen molar-refractivity contribution in [2.45, 2.75) is 22.2 Å². The number of rotatable bonds is 7. The number of anilines is 1. The first-order chi connectivity index (χ1) is 13.6. The molecular weight excluding hydrogens is 416 g/mol. The topological polar surface area (TPSA) is 98.7 Å². The van der Waals surface area contributed by atoms with Crippen LogP contribution in [0.1, 0.15) is 11.6 Å². The monoisotopic (exact) mass is 432 g/mol. The van der Waals surface area contributed by atoms with E-state index >= 15 is 0 Å². The Morgan fingerprint density at radius 3 is 2.93 bits per heavy atom. The highest BCUT2D eigenvalue weighted by atomic mass is 32.2. The molecule has 0 saturated carbocycles. The van der Waals surface area contributed by atoms with E-state index in [0.717, 1.165) is 15.7 Å². The molecule has 1 amide bonds. The number of fused-ring (bicyclic) bond motifs is 1. The van der Waals surface area contributed by atoms with Crippen LogP contribution >= 0.6 is 34.9 Å². The zero-order chi connectivity index (χ0) is 19.5. The van der Waals surface area contributed by atoms with Crippen molar-refractivity contribution < 1.29 is 9.32 Å². The number of benzene rings is 1. The van der Waals surface area contributed by atoms with Gasteiger partial charge in [0, 0.05) is 13.1 Å². The third-order valence-electron chi connectivity index (χ3n) is 3.75. The second-order valence-corrected chi connectivity index (χ2v) is 9.05. The Morgan fingerprint density at radius 1 is 1.29 bits per heavy atom. The molecule has 3 heterocycles. The molecule has 0 aliphatic rings. The van der Waals surface area contributed by atoms with Gasteiger partial charge in [0.1, 0.15) is 11.6 Å². The molecule has 0 atom stereocenters. The minimum Gasteiger partial charge on any atom is -0.360 e. The van der Waals surface area contributed by atoms with E-state index in [1.807, 2.05) is 29.8 Å². The van der Waals surface area contributed by atoms with Crippen LogP contribution in [0.4, 0.5) is 5.82 Å². The van der Waals surface area contributed by atoms with Gasteiger partial charge in [-0.1, -0.05) is 40.8 Å². The molecule has 1 N–H and O–H groups in total. The average molecular weight is 433 g/mol. The molecule has 8 nitrogen and oxygen atoms in total. The van der Waals surface area contributed by atoms with Gasteiger partial charge < -0.3 is 14.4 Å². The van der Waals surface area contributed by atoms with Crippen molar-refractivity contribution in [2.75, 3.05) is 11.1 Å². The quantitative estimate of drug-likeness (QED) is 0.441. The molecule has 0 aliphatic carbocycles.